The first-order valence-corrected chi connectivity index (χ1v) is 8.71. The summed E-state index contributed by atoms with van der Waals surface area (Å²) < 4.78 is 17.7. The van der Waals surface area contributed by atoms with Crippen LogP contribution in [0.5, 0.6) is 17.2 Å². The molecule has 0 spiro atoms. The van der Waals surface area contributed by atoms with Gasteiger partial charge in [-0.3, -0.25) is 4.79 Å². The summed E-state index contributed by atoms with van der Waals surface area (Å²) in [6, 6.07) is 6.89. The van der Waals surface area contributed by atoms with Gasteiger partial charge >= 0.3 is 0 Å². The fraction of sp³-hybridized carbons (Fsp3) is 0.421. The van der Waals surface area contributed by atoms with Gasteiger partial charge in [-0.25, -0.2) is 0 Å². The van der Waals surface area contributed by atoms with Gasteiger partial charge in [-0.2, -0.15) is 0 Å². The fourth-order valence-corrected chi connectivity index (χ4v) is 2.78. The summed E-state index contributed by atoms with van der Waals surface area (Å²) in [6.45, 7) is 3.10. The Morgan fingerprint density at radius 3 is 2.56 bits per heavy atom. The molecule has 2 rings (SSSR count). The van der Waals surface area contributed by atoms with Crippen LogP contribution in [0.25, 0.3) is 0 Å². The number of ether oxygens (including phenoxy) is 3. The number of hydrogen-bond acceptors (Lipinski definition) is 4. The lowest BCUT2D eigenvalue weighted by molar-refractivity contribution is 0.305. The number of methoxy groups -OCH3 is 2. The zero-order valence-electron chi connectivity index (χ0n) is 14.9. The fourth-order valence-electron chi connectivity index (χ4n) is 2.49. The van der Waals surface area contributed by atoms with Crippen LogP contribution in [0.15, 0.2) is 35.3 Å². The van der Waals surface area contributed by atoms with Gasteiger partial charge in [0, 0.05) is 12.3 Å². The van der Waals surface area contributed by atoms with Gasteiger partial charge in [0.05, 0.1) is 32.4 Å². The van der Waals surface area contributed by atoms with Crippen LogP contribution in [0, 0.1) is 0 Å². The van der Waals surface area contributed by atoms with E-state index in [4.69, 9.17) is 25.8 Å². The first-order chi connectivity index (χ1) is 12.1. The van der Waals surface area contributed by atoms with E-state index in [9.17, 15) is 4.79 Å². The van der Waals surface area contributed by atoms with E-state index in [0.29, 0.717) is 35.4 Å². The topological polar surface area (TPSA) is 49.7 Å². The highest BCUT2D eigenvalue weighted by Gasteiger charge is 2.13. The van der Waals surface area contributed by atoms with E-state index in [1.807, 2.05) is 6.07 Å². The van der Waals surface area contributed by atoms with Gasteiger partial charge in [0.15, 0.2) is 11.5 Å². The second kappa shape index (κ2) is 9.37. The molecule has 0 aliphatic rings. The van der Waals surface area contributed by atoms with Gasteiger partial charge in [0.25, 0.3) is 5.56 Å². The Bertz CT molecular complexity index is 758. The van der Waals surface area contributed by atoms with Crippen molar-refractivity contribution in [2.45, 2.75) is 32.7 Å². The number of unbranched alkanes of at least 4 members (excludes halogenated alkanes) is 2. The molecule has 0 radical (unpaired) electrons. The third kappa shape index (κ3) is 4.92. The molecule has 1 aromatic heterocycles. The highest BCUT2D eigenvalue weighted by atomic mass is 35.5. The van der Waals surface area contributed by atoms with Crippen molar-refractivity contribution < 1.29 is 14.2 Å². The average Bonchev–Trinajstić information content (AvgIpc) is 2.62. The van der Waals surface area contributed by atoms with Crippen LogP contribution in [0.3, 0.4) is 0 Å². The summed E-state index contributed by atoms with van der Waals surface area (Å²) in [6.07, 6.45) is 4.96. The molecule has 0 saturated heterocycles. The lowest BCUT2D eigenvalue weighted by Crippen LogP contribution is -2.19. The van der Waals surface area contributed by atoms with Gasteiger partial charge in [-0.05, 0) is 24.1 Å². The molecule has 0 amide bonds. The Morgan fingerprint density at radius 1 is 1.12 bits per heavy atom. The van der Waals surface area contributed by atoms with Crippen molar-refractivity contribution in [1.29, 1.82) is 0 Å². The Hall–Kier alpha value is -2.14. The van der Waals surface area contributed by atoms with Crippen molar-refractivity contribution >= 4 is 11.6 Å². The molecule has 0 N–H and O–H groups in total. The average molecular weight is 366 g/mol. The molecule has 5 nitrogen and oxygen atoms in total. The summed E-state index contributed by atoms with van der Waals surface area (Å²) in [4.78, 5) is 12.3. The molecule has 2 aromatic rings. The van der Waals surface area contributed by atoms with Crippen LogP contribution in [-0.2, 0) is 6.54 Å². The van der Waals surface area contributed by atoms with Crippen molar-refractivity contribution in [1.82, 2.24) is 4.57 Å². The zero-order valence-corrected chi connectivity index (χ0v) is 15.6. The van der Waals surface area contributed by atoms with E-state index in [-0.39, 0.29) is 5.56 Å². The molecule has 6 heteroatoms. The molecular weight excluding hydrogens is 342 g/mol. The van der Waals surface area contributed by atoms with E-state index < -0.39 is 0 Å². The first kappa shape index (κ1) is 19.2. The molecule has 0 bridgehead atoms. The smallest absolute Gasteiger partial charge is 0.254 e. The third-order valence-electron chi connectivity index (χ3n) is 3.89. The quantitative estimate of drug-likeness (QED) is 0.627. The lowest BCUT2D eigenvalue weighted by Gasteiger charge is -2.14. The molecule has 0 saturated carbocycles. The van der Waals surface area contributed by atoms with Crippen molar-refractivity contribution in [3.8, 4) is 17.2 Å². The molecule has 1 aromatic carbocycles. The highest BCUT2D eigenvalue weighted by molar-refractivity contribution is 6.33. The van der Waals surface area contributed by atoms with E-state index in [1.54, 1.807) is 30.0 Å². The van der Waals surface area contributed by atoms with E-state index in [2.05, 4.69) is 6.92 Å². The van der Waals surface area contributed by atoms with Crippen molar-refractivity contribution in [2.75, 3.05) is 20.8 Å². The molecule has 0 aliphatic heterocycles. The number of halogens is 1. The number of rotatable bonds is 9. The number of nitrogens with zero attached hydrogens (tertiary/aromatic N) is 1. The normalized spacial score (nSPS) is 10.6. The van der Waals surface area contributed by atoms with Crippen molar-refractivity contribution in [3.05, 3.63) is 51.4 Å². The molecule has 25 heavy (non-hydrogen) atoms. The molecule has 136 valence electrons. The van der Waals surface area contributed by atoms with E-state index in [1.165, 1.54) is 13.2 Å². The van der Waals surface area contributed by atoms with Crippen LogP contribution in [0.2, 0.25) is 5.02 Å². The van der Waals surface area contributed by atoms with Crippen molar-refractivity contribution in [3.63, 3.8) is 0 Å². The summed E-state index contributed by atoms with van der Waals surface area (Å²) in [5.74, 6) is 1.61. The first-order valence-electron chi connectivity index (χ1n) is 8.33. The van der Waals surface area contributed by atoms with Gasteiger partial charge < -0.3 is 18.8 Å². The molecule has 1 heterocycles. The number of benzene rings is 1. The second-order valence-corrected chi connectivity index (χ2v) is 6.04. The summed E-state index contributed by atoms with van der Waals surface area (Å²) >= 11 is 6.38. The van der Waals surface area contributed by atoms with Gasteiger partial charge in [0.2, 0.25) is 0 Å². The minimum absolute atomic E-state index is 0.140. The van der Waals surface area contributed by atoms with Gasteiger partial charge in [-0.1, -0.05) is 37.4 Å². The van der Waals surface area contributed by atoms with Gasteiger partial charge in [0.1, 0.15) is 5.75 Å². The predicted octanol–water partition coefficient (Wildman–Crippen LogP) is 4.14. The summed E-state index contributed by atoms with van der Waals surface area (Å²) in [5, 5.41) is 0.439. The maximum atomic E-state index is 12.3. The Balaban J connectivity index is 2.14. The van der Waals surface area contributed by atoms with Crippen LogP contribution in [0.1, 0.15) is 31.7 Å². The predicted molar refractivity (Wildman–Crippen MR) is 99.4 cm³/mol. The monoisotopic (exact) mass is 365 g/mol. The Kier molecular flexibility index (Phi) is 7.19. The summed E-state index contributed by atoms with van der Waals surface area (Å²) in [7, 11) is 3.09. The minimum atomic E-state index is -0.140. The molecule has 0 unspecified atom stereocenters. The maximum absolute atomic E-state index is 12.3. The molecular formula is C19H24ClNO4. The molecule has 0 aliphatic carbocycles. The van der Waals surface area contributed by atoms with E-state index >= 15 is 0 Å². The maximum Gasteiger partial charge on any atom is 0.254 e. The molecule has 0 atom stereocenters. The standard InChI is InChI=1S/C19H24ClNO4/c1-4-5-6-11-25-15-9-10-21(17(22)12-15)13-14-7-8-16(23-2)19(24-3)18(14)20/h7-10,12H,4-6,11,13H2,1-3H3. The summed E-state index contributed by atoms with van der Waals surface area (Å²) in [5.41, 5.74) is 0.636. The minimum Gasteiger partial charge on any atom is -0.493 e. The second-order valence-electron chi connectivity index (χ2n) is 5.66. The zero-order chi connectivity index (χ0) is 18.2. The lowest BCUT2D eigenvalue weighted by atomic mass is 10.2. The SMILES string of the molecule is CCCCCOc1ccn(Cc2ccc(OC)c(OC)c2Cl)c(=O)c1. The van der Waals surface area contributed by atoms with Crippen LogP contribution >= 0.6 is 11.6 Å². The van der Waals surface area contributed by atoms with Crippen LogP contribution < -0.4 is 19.8 Å². The number of pyridine rings is 1. The number of hydrogen-bond donors (Lipinski definition) is 0. The molecule has 0 fully saturated rings. The van der Waals surface area contributed by atoms with Crippen molar-refractivity contribution in [2.24, 2.45) is 0 Å². The number of aromatic nitrogens is 1. The highest BCUT2D eigenvalue weighted by Crippen LogP contribution is 2.37. The largest absolute Gasteiger partial charge is 0.493 e. The van der Waals surface area contributed by atoms with Gasteiger partial charge in [-0.15, -0.1) is 0 Å². The van der Waals surface area contributed by atoms with Crippen LogP contribution in [0.4, 0.5) is 0 Å². The van der Waals surface area contributed by atoms with E-state index in [0.717, 1.165) is 24.8 Å². The van der Waals surface area contributed by atoms with Crippen LogP contribution in [-0.4, -0.2) is 25.4 Å². The Morgan fingerprint density at radius 2 is 1.92 bits per heavy atom. The third-order valence-corrected chi connectivity index (χ3v) is 4.30. The Labute approximate surface area is 153 Å².